The molecule has 0 fully saturated rings. The molecule has 1 aromatic heterocycles. The van der Waals surface area contributed by atoms with Gasteiger partial charge in [-0.1, -0.05) is 29.5 Å². The van der Waals surface area contributed by atoms with Crippen LogP contribution in [0.1, 0.15) is 12.5 Å². The Morgan fingerprint density at radius 2 is 1.96 bits per heavy atom. The van der Waals surface area contributed by atoms with Gasteiger partial charge in [-0.25, -0.2) is 14.5 Å². The number of hydrogen-bond acceptors (Lipinski definition) is 4. The van der Waals surface area contributed by atoms with Crippen LogP contribution in [0.2, 0.25) is 0 Å². The summed E-state index contributed by atoms with van der Waals surface area (Å²) in [6.45, 7) is 1.75. The van der Waals surface area contributed by atoms with Crippen LogP contribution in [0, 0.1) is 5.82 Å². The van der Waals surface area contributed by atoms with E-state index in [1.54, 1.807) is 19.1 Å². The first kappa shape index (κ1) is 14.8. The van der Waals surface area contributed by atoms with Crippen molar-refractivity contribution < 1.29 is 9.18 Å². The van der Waals surface area contributed by atoms with Gasteiger partial charge in [0.25, 0.3) is 5.91 Å². The number of hydrogen-bond donors (Lipinski definition) is 1. The maximum atomic E-state index is 12.9. The summed E-state index contributed by atoms with van der Waals surface area (Å²) in [5, 5.41) is 11.9. The molecule has 3 rings (SSSR count). The van der Waals surface area contributed by atoms with Crippen molar-refractivity contribution in [2.45, 2.75) is 13.5 Å². The molecule has 1 N–H and O–H groups in total. The van der Waals surface area contributed by atoms with E-state index in [-0.39, 0.29) is 18.3 Å². The van der Waals surface area contributed by atoms with Gasteiger partial charge < -0.3 is 0 Å². The van der Waals surface area contributed by atoms with Crippen molar-refractivity contribution in [2.24, 2.45) is 5.10 Å². The van der Waals surface area contributed by atoms with E-state index in [1.807, 2.05) is 24.3 Å². The Morgan fingerprint density at radius 1 is 1.22 bits per heavy atom. The third kappa shape index (κ3) is 3.39. The Hall–Kier alpha value is -3.09. The maximum Gasteiger partial charge on any atom is 0.261 e. The fourth-order valence-electron chi connectivity index (χ4n) is 2.11. The van der Waals surface area contributed by atoms with Gasteiger partial charge in [0.05, 0.1) is 11.2 Å². The van der Waals surface area contributed by atoms with E-state index in [9.17, 15) is 9.18 Å². The fraction of sp³-hybridized carbons (Fsp3) is 0.125. The van der Waals surface area contributed by atoms with Crippen LogP contribution >= 0.6 is 0 Å². The minimum absolute atomic E-state index is 0.0146. The molecule has 0 saturated carbocycles. The second-order valence-electron chi connectivity index (χ2n) is 4.97. The van der Waals surface area contributed by atoms with E-state index in [1.165, 1.54) is 16.8 Å². The fourth-order valence-corrected chi connectivity index (χ4v) is 2.11. The lowest BCUT2D eigenvalue weighted by Crippen LogP contribution is -2.24. The quantitative estimate of drug-likeness (QED) is 0.592. The van der Waals surface area contributed by atoms with Gasteiger partial charge in [-0.05, 0) is 36.8 Å². The Balaban J connectivity index is 1.67. The Labute approximate surface area is 131 Å². The molecule has 0 radical (unpaired) electrons. The minimum Gasteiger partial charge on any atom is -0.271 e. The van der Waals surface area contributed by atoms with Crippen molar-refractivity contribution in [1.29, 1.82) is 0 Å². The summed E-state index contributed by atoms with van der Waals surface area (Å²) in [5.41, 5.74) is 5.29. The van der Waals surface area contributed by atoms with Crippen molar-refractivity contribution in [1.82, 2.24) is 20.4 Å². The molecule has 23 heavy (non-hydrogen) atoms. The van der Waals surface area contributed by atoms with Crippen molar-refractivity contribution >= 4 is 22.7 Å². The molecule has 0 atom stereocenters. The molecule has 0 saturated heterocycles. The first-order valence-corrected chi connectivity index (χ1v) is 7.01. The van der Waals surface area contributed by atoms with Gasteiger partial charge in [0.15, 0.2) is 0 Å². The summed E-state index contributed by atoms with van der Waals surface area (Å²) < 4.78 is 14.4. The molecule has 0 aliphatic carbocycles. The third-order valence-corrected chi connectivity index (χ3v) is 3.32. The number of carbonyl (C=O) groups excluding carboxylic acids is 1. The largest absolute Gasteiger partial charge is 0.271 e. The highest BCUT2D eigenvalue weighted by Gasteiger charge is 2.08. The van der Waals surface area contributed by atoms with Crippen LogP contribution < -0.4 is 5.43 Å². The summed E-state index contributed by atoms with van der Waals surface area (Å²) in [6, 6.07) is 13.3. The topological polar surface area (TPSA) is 72.2 Å². The summed E-state index contributed by atoms with van der Waals surface area (Å²) >= 11 is 0. The van der Waals surface area contributed by atoms with Crippen LogP contribution in [-0.4, -0.2) is 26.6 Å². The predicted molar refractivity (Wildman–Crippen MR) is 84.3 cm³/mol. The second kappa shape index (κ2) is 6.35. The summed E-state index contributed by atoms with van der Waals surface area (Å²) in [4.78, 5) is 12.0. The van der Waals surface area contributed by atoms with Crippen LogP contribution in [0.5, 0.6) is 0 Å². The molecule has 0 aliphatic heterocycles. The number of halogens is 1. The maximum absolute atomic E-state index is 12.9. The van der Waals surface area contributed by atoms with E-state index >= 15 is 0 Å². The molecule has 6 nitrogen and oxygen atoms in total. The van der Waals surface area contributed by atoms with Gasteiger partial charge in [-0.15, -0.1) is 5.10 Å². The van der Waals surface area contributed by atoms with Gasteiger partial charge >= 0.3 is 0 Å². The number of fused-ring (bicyclic) bond motifs is 1. The number of aromatic nitrogens is 3. The highest BCUT2D eigenvalue weighted by molar-refractivity contribution is 5.99. The Morgan fingerprint density at radius 3 is 2.74 bits per heavy atom. The number of benzene rings is 2. The normalized spacial score (nSPS) is 11.7. The van der Waals surface area contributed by atoms with Crippen LogP contribution in [0.3, 0.4) is 0 Å². The summed E-state index contributed by atoms with van der Waals surface area (Å²) in [6.07, 6.45) is 0. The first-order chi connectivity index (χ1) is 11.1. The number of hydrazone groups is 1. The standard InChI is InChI=1S/C16H14FN5O/c1-11(12-6-8-13(17)9-7-12)18-20-16(23)10-22-15-5-3-2-4-14(15)19-21-22/h2-9H,10H2,1H3,(H,20,23). The molecule has 116 valence electrons. The van der Waals surface area contributed by atoms with Gasteiger partial charge in [-0.2, -0.15) is 5.10 Å². The lowest BCUT2D eigenvalue weighted by Gasteiger charge is -2.04. The van der Waals surface area contributed by atoms with Gasteiger partial charge in [-0.3, -0.25) is 4.79 Å². The number of amides is 1. The number of nitrogens with zero attached hydrogens (tertiary/aromatic N) is 4. The van der Waals surface area contributed by atoms with Gasteiger partial charge in [0.2, 0.25) is 0 Å². The smallest absolute Gasteiger partial charge is 0.261 e. The third-order valence-electron chi connectivity index (χ3n) is 3.32. The van der Waals surface area contributed by atoms with E-state index in [4.69, 9.17) is 0 Å². The Kier molecular flexibility index (Phi) is 4.09. The van der Waals surface area contributed by atoms with Gasteiger partial charge in [0.1, 0.15) is 17.9 Å². The van der Waals surface area contributed by atoms with Crippen molar-refractivity contribution in [3.63, 3.8) is 0 Å². The highest BCUT2D eigenvalue weighted by Crippen LogP contribution is 2.09. The number of rotatable bonds is 4. The molecule has 0 spiro atoms. The highest BCUT2D eigenvalue weighted by atomic mass is 19.1. The van der Waals surface area contributed by atoms with E-state index in [2.05, 4.69) is 20.8 Å². The van der Waals surface area contributed by atoms with Crippen LogP contribution in [-0.2, 0) is 11.3 Å². The second-order valence-corrected chi connectivity index (χ2v) is 4.97. The molecule has 2 aromatic carbocycles. The molecule has 0 bridgehead atoms. The van der Waals surface area contributed by atoms with Crippen LogP contribution in [0.25, 0.3) is 11.0 Å². The minimum atomic E-state index is -0.317. The predicted octanol–water partition coefficient (Wildman–Crippen LogP) is 2.11. The summed E-state index contributed by atoms with van der Waals surface area (Å²) in [7, 11) is 0. The van der Waals surface area contributed by atoms with Crippen molar-refractivity contribution in [3.8, 4) is 0 Å². The molecule has 7 heteroatoms. The first-order valence-electron chi connectivity index (χ1n) is 7.01. The average Bonchev–Trinajstić information content (AvgIpc) is 2.96. The molecule has 1 heterocycles. The number of carbonyl (C=O) groups is 1. The lowest BCUT2D eigenvalue weighted by molar-refractivity contribution is -0.121. The van der Waals surface area contributed by atoms with Crippen molar-refractivity contribution in [2.75, 3.05) is 0 Å². The monoisotopic (exact) mass is 311 g/mol. The Bertz CT molecular complexity index is 870. The zero-order chi connectivity index (χ0) is 16.2. The number of nitrogens with one attached hydrogen (secondary N) is 1. The molecular weight excluding hydrogens is 297 g/mol. The van der Waals surface area contributed by atoms with Gasteiger partial charge in [0, 0.05) is 0 Å². The zero-order valence-corrected chi connectivity index (χ0v) is 12.4. The van der Waals surface area contributed by atoms with E-state index in [0.717, 1.165) is 16.6 Å². The lowest BCUT2D eigenvalue weighted by atomic mass is 10.1. The van der Waals surface area contributed by atoms with E-state index in [0.29, 0.717) is 5.71 Å². The molecular formula is C16H14FN5O. The van der Waals surface area contributed by atoms with Crippen LogP contribution in [0.4, 0.5) is 4.39 Å². The molecule has 3 aromatic rings. The molecule has 0 aliphatic rings. The van der Waals surface area contributed by atoms with Crippen molar-refractivity contribution in [3.05, 3.63) is 59.9 Å². The average molecular weight is 311 g/mol. The SMILES string of the molecule is CC(=NNC(=O)Cn1nnc2ccccc21)c1ccc(F)cc1. The zero-order valence-electron chi connectivity index (χ0n) is 12.4. The summed E-state index contributed by atoms with van der Waals surface area (Å²) in [5.74, 6) is -0.634. The molecule has 1 amide bonds. The number of para-hydroxylation sites is 1. The van der Waals surface area contributed by atoms with E-state index < -0.39 is 0 Å². The van der Waals surface area contributed by atoms with Crippen LogP contribution in [0.15, 0.2) is 53.6 Å². The molecule has 0 unspecified atom stereocenters.